The number of benzene rings is 5. The van der Waals surface area contributed by atoms with E-state index in [2.05, 4.69) is 64.1 Å². The third kappa shape index (κ3) is 10.3. The number of hydrogen-bond donors (Lipinski definition) is 3. The van der Waals surface area contributed by atoms with Crippen LogP contribution in [0.4, 0.5) is 10.5 Å². The average Bonchev–Trinajstić information content (AvgIpc) is 3.19. The molecule has 3 unspecified atom stereocenters. The second kappa shape index (κ2) is 18.2. The molecular formula is C45H49N3O5. The number of nitrogens with one attached hydrogen (secondary N) is 2. The molecule has 7 rings (SSSR count). The first kappa shape index (κ1) is 36.4. The molecule has 274 valence electrons. The van der Waals surface area contributed by atoms with E-state index in [4.69, 9.17) is 14.2 Å². The quantitative estimate of drug-likeness (QED) is 0.126. The third-order valence-corrected chi connectivity index (χ3v) is 10.0. The standard InChI is InChI=1S/C45H49N3O5/c49-32-33-14-16-36(17-15-33)43-29-42(31-48-26-7-2-1-3-8-27-48)52-44(53-43)37-20-18-35(19-21-37)38-11-9-10-34(28-38)30-46-45(50)47-39-22-24-41(25-23-39)51-40-12-5-4-6-13-40/h4-6,9-25,28,42-44,49H,1-3,7-8,26-27,29-32H2,(H2,46,47,50). The van der Waals surface area contributed by atoms with E-state index in [1.807, 2.05) is 78.9 Å². The Morgan fingerprint density at radius 2 is 1.40 bits per heavy atom. The van der Waals surface area contributed by atoms with Crippen LogP contribution in [-0.4, -0.2) is 41.8 Å². The molecule has 0 aliphatic carbocycles. The molecule has 2 fully saturated rings. The molecule has 2 aliphatic rings. The number of ether oxygens (including phenoxy) is 3. The van der Waals surface area contributed by atoms with E-state index < -0.39 is 6.29 Å². The first-order valence-corrected chi connectivity index (χ1v) is 18.9. The van der Waals surface area contributed by atoms with Crippen molar-refractivity contribution in [2.45, 2.75) is 70.2 Å². The molecule has 2 heterocycles. The first-order chi connectivity index (χ1) is 26.1. The molecule has 0 saturated carbocycles. The molecule has 2 aliphatic heterocycles. The summed E-state index contributed by atoms with van der Waals surface area (Å²) in [5, 5.41) is 15.4. The van der Waals surface area contributed by atoms with Gasteiger partial charge in [0.1, 0.15) is 11.5 Å². The summed E-state index contributed by atoms with van der Waals surface area (Å²) in [4.78, 5) is 15.3. The fourth-order valence-electron chi connectivity index (χ4n) is 7.10. The first-order valence-electron chi connectivity index (χ1n) is 18.9. The van der Waals surface area contributed by atoms with Crippen LogP contribution in [-0.2, 0) is 22.6 Å². The minimum absolute atomic E-state index is 0.0256. The number of carbonyl (C=O) groups excluding carboxylic acids is 1. The van der Waals surface area contributed by atoms with Crippen LogP contribution in [0.1, 0.15) is 73.2 Å². The Labute approximate surface area is 312 Å². The summed E-state index contributed by atoms with van der Waals surface area (Å²) in [6.45, 7) is 3.55. The van der Waals surface area contributed by atoms with Gasteiger partial charge in [-0.1, -0.05) is 104 Å². The fourth-order valence-corrected chi connectivity index (χ4v) is 7.10. The van der Waals surface area contributed by atoms with Crippen molar-refractivity contribution < 1.29 is 24.1 Å². The number of aliphatic hydroxyl groups is 1. The third-order valence-electron chi connectivity index (χ3n) is 10.0. The van der Waals surface area contributed by atoms with Gasteiger partial charge in [-0.3, -0.25) is 0 Å². The summed E-state index contributed by atoms with van der Waals surface area (Å²) >= 11 is 0. The molecule has 8 nitrogen and oxygen atoms in total. The highest BCUT2D eigenvalue weighted by molar-refractivity contribution is 5.89. The normalized spacial score (nSPS) is 19.5. The number of amides is 2. The maximum atomic E-state index is 12.7. The molecule has 0 bridgehead atoms. The molecule has 0 radical (unpaired) electrons. The van der Waals surface area contributed by atoms with Gasteiger partial charge in [0.25, 0.3) is 0 Å². The molecule has 2 amide bonds. The van der Waals surface area contributed by atoms with Crippen LogP contribution in [0.15, 0.2) is 127 Å². The second-order valence-electron chi connectivity index (χ2n) is 14.0. The lowest BCUT2D eigenvalue weighted by Crippen LogP contribution is -2.40. The number of carbonyl (C=O) groups is 1. The van der Waals surface area contributed by atoms with E-state index in [9.17, 15) is 9.90 Å². The minimum atomic E-state index is -0.485. The molecule has 5 aromatic rings. The van der Waals surface area contributed by atoms with E-state index in [0.29, 0.717) is 18.0 Å². The largest absolute Gasteiger partial charge is 0.457 e. The molecule has 53 heavy (non-hydrogen) atoms. The van der Waals surface area contributed by atoms with Crippen LogP contribution >= 0.6 is 0 Å². The summed E-state index contributed by atoms with van der Waals surface area (Å²) in [5.74, 6) is 1.46. The van der Waals surface area contributed by atoms with Gasteiger partial charge >= 0.3 is 6.03 Å². The predicted molar refractivity (Wildman–Crippen MR) is 209 cm³/mol. The van der Waals surface area contributed by atoms with E-state index in [0.717, 1.165) is 65.2 Å². The number of anilines is 1. The number of likely N-dealkylation sites (tertiary alicyclic amines) is 1. The Bertz CT molecular complexity index is 1880. The topological polar surface area (TPSA) is 92.3 Å². The van der Waals surface area contributed by atoms with Gasteiger partial charge < -0.3 is 34.9 Å². The lowest BCUT2D eigenvalue weighted by Gasteiger charge is -2.38. The van der Waals surface area contributed by atoms with Crippen LogP contribution in [0.25, 0.3) is 11.1 Å². The highest BCUT2D eigenvalue weighted by Gasteiger charge is 2.33. The smallest absolute Gasteiger partial charge is 0.319 e. The minimum Gasteiger partial charge on any atom is -0.457 e. The van der Waals surface area contributed by atoms with E-state index in [-0.39, 0.29) is 24.8 Å². The zero-order chi connectivity index (χ0) is 36.2. The monoisotopic (exact) mass is 711 g/mol. The summed E-state index contributed by atoms with van der Waals surface area (Å²) in [6.07, 6.45) is 6.68. The van der Waals surface area contributed by atoms with Crippen LogP contribution in [0.5, 0.6) is 11.5 Å². The van der Waals surface area contributed by atoms with Gasteiger partial charge in [-0.2, -0.15) is 0 Å². The molecule has 3 atom stereocenters. The molecular weight excluding hydrogens is 663 g/mol. The number of urea groups is 1. The summed E-state index contributed by atoms with van der Waals surface area (Å²) < 4.78 is 19.2. The van der Waals surface area contributed by atoms with Crippen molar-refractivity contribution in [2.75, 3.05) is 25.0 Å². The Kier molecular flexibility index (Phi) is 12.5. The Morgan fingerprint density at radius 1 is 0.698 bits per heavy atom. The fraction of sp³-hybridized carbons (Fsp3) is 0.311. The average molecular weight is 712 g/mol. The van der Waals surface area contributed by atoms with Gasteiger partial charge in [0.15, 0.2) is 6.29 Å². The SMILES string of the molecule is O=C(NCc1cccc(-c2ccc(C3OC(CN4CCCCCCC4)CC(c4ccc(CO)cc4)O3)cc2)c1)Nc1ccc(Oc2ccccc2)cc1. The maximum absolute atomic E-state index is 12.7. The molecule has 2 saturated heterocycles. The van der Waals surface area contributed by atoms with E-state index in [1.165, 1.54) is 32.1 Å². The number of hydrogen-bond acceptors (Lipinski definition) is 6. The highest BCUT2D eigenvalue weighted by Crippen LogP contribution is 2.39. The van der Waals surface area contributed by atoms with E-state index >= 15 is 0 Å². The van der Waals surface area contributed by atoms with Crippen LogP contribution in [0.2, 0.25) is 0 Å². The molecule has 0 aromatic heterocycles. The van der Waals surface area contributed by atoms with Crippen molar-refractivity contribution in [2.24, 2.45) is 0 Å². The lowest BCUT2D eigenvalue weighted by molar-refractivity contribution is -0.253. The Hall–Kier alpha value is -4.99. The van der Waals surface area contributed by atoms with Gasteiger partial charge in [-0.15, -0.1) is 0 Å². The zero-order valence-corrected chi connectivity index (χ0v) is 30.2. The predicted octanol–water partition coefficient (Wildman–Crippen LogP) is 9.77. The zero-order valence-electron chi connectivity index (χ0n) is 30.2. The Balaban J connectivity index is 0.969. The number of aliphatic hydroxyl groups excluding tert-OH is 1. The van der Waals surface area contributed by atoms with Crippen molar-refractivity contribution in [1.82, 2.24) is 10.2 Å². The van der Waals surface area contributed by atoms with E-state index in [1.54, 1.807) is 0 Å². The molecule has 0 spiro atoms. The highest BCUT2D eigenvalue weighted by atomic mass is 16.7. The summed E-state index contributed by atoms with van der Waals surface area (Å²) in [6, 6.07) is 41.3. The number of rotatable bonds is 11. The van der Waals surface area contributed by atoms with Gasteiger partial charge in [0.2, 0.25) is 0 Å². The van der Waals surface area contributed by atoms with Gasteiger partial charge in [0.05, 0.1) is 18.8 Å². The van der Waals surface area contributed by atoms with Crippen molar-refractivity contribution in [3.8, 4) is 22.6 Å². The molecule has 3 N–H and O–H groups in total. The van der Waals surface area contributed by atoms with Crippen LogP contribution < -0.4 is 15.4 Å². The lowest BCUT2D eigenvalue weighted by atomic mass is 9.98. The van der Waals surface area contributed by atoms with Crippen molar-refractivity contribution in [3.05, 3.63) is 150 Å². The molecule has 8 heteroatoms. The second-order valence-corrected chi connectivity index (χ2v) is 14.0. The van der Waals surface area contributed by atoms with Crippen molar-refractivity contribution >= 4 is 11.7 Å². The van der Waals surface area contributed by atoms with Crippen molar-refractivity contribution in [3.63, 3.8) is 0 Å². The van der Waals surface area contributed by atoms with Gasteiger partial charge in [0, 0.05) is 30.8 Å². The Morgan fingerprint density at radius 3 is 2.13 bits per heavy atom. The summed E-state index contributed by atoms with van der Waals surface area (Å²) in [5.41, 5.74) is 6.79. The maximum Gasteiger partial charge on any atom is 0.319 e. The van der Waals surface area contributed by atoms with Gasteiger partial charge in [-0.05, 0) is 96.2 Å². The van der Waals surface area contributed by atoms with Crippen molar-refractivity contribution in [1.29, 1.82) is 0 Å². The number of para-hydroxylation sites is 1. The molecule has 5 aromatic carbocycles. The van der Waals surface area contributed by atoms with Gasteiger partial charge in [-0.25, -0.2) is 4.79 Å². The summed E-state index contributed by atoms with van der Waals surface area (Å²) in [7, 11) is 0. The van der Waals surface area contributed by atoms with Crippen LogP contribution in [0, 0.1) is 0 Å². The van der Waals surface area contributed by atoms with Crippen LogP contribution in [0.3, 0.4) is 0 Å². The number of nitrogens with zero attached hydrogens (tertiary/aromatic N) is 1.